The van der Waals surface area contributed by atoms with Gasteiger partial charge in [-0.3, -0.25) is 0 Å². The van der Waals surface area contributed by atoms with Crippen LogP contribution < -0.4 is 0 Å². The van der Waals surface area contributed by atoms with Crippen molar-refractivity contribution in [2.45, 2.75) is 38.7 Å². The van der Waals surface area contributed by atoms with Crippen molar-refractivity contribution >= 4 is 0 Å². The Morgan fingerprint density at radius 1 is 0.850 bits per heavy atom. The summed E-state index contributed by atoms with van der Waals surface area (Å²) < 4.78 is 5.77. The smallest absolute Gasteiger partial charge is 0.0547 e. The van der Waals surface area contributed by atoms with Crippen LogP contribution in [0.4, 0.5) is 0 Å². The number of rotatable bonds is 2. The second-order valence-corrected chi connectivity index (χ2v) is 5.91. The van der Waals surface area contributed by atoms with E-state index in [1.54, 1.807) is 0 Å². The van der Waals surface area contributed by atoms with Gasteiger partial charge in [-0.15, -0.1) is 0 Å². The maximum atomic E-state index is 5.77. The minimum Gasteiger partial charge on any atom is -0.378 e. The van der Waals surface area contributed by atoms with Gasteiger partial charge in [-0.1, -0.05) is 54.1 Å². The molecule has 0 aromatic heterocycles. The maximum Gasteiger partial charge on any atom is 0.0547 e. The highest BCUT2D eigenvalue weighted by Gasteiger charge is 2.19. The lowest BCUT2D eigenvalue weighted by molar-refractivity contribution is 0.0155. The second kappa shape index (κ2) is 5.80. The molecule has 1 heteroatoms. The molecular weight excluding hydrogens is 244 g/mol. The number of hydrogen-bond acceptors (Lipinski definition) is 1. The van der Waals surface area contributed by atoms with Gasteiger partial charge >= 0.3 is 0 Å². The molecule has 3 rings (SSSR count). The van der Waals surface area contributed by atoms with Crippen LogP contribution in [0.5, 0.6) is 0 Å². The first-order valence-corrected chi connectivity index (χ1v) is 7.51. The lowest BCUT2D eigenvalue weighted by Gasteiger charge is -2.27. The molecule has 0 spiro atoms. The molecule has 0 unspecified atom stereocenters. The van der Waals surface area contributed by atoms with E-state index in [4.69, 9.17) is 4.74 Å². The van der Waals surface area contributed by atoms with E-state index in [1.807, 2.05) is 0 Å². The Bertz CT molecular complexity index is 545. The molecule has 0 radical (unpaired) electrons. The van der Waals surface area contributed by atoms with Crippen molar-refractivity contribution in [3.8, 4) is 11.1 Å². The second-order valence-electron chi connectivity index (χ2n) is 5.91. The van der Waals surface area contributed by atoms with E-state index in [9.17, 15) is 0 Å². The van der Waals surface area contributed by atoms with Gasteiger partial charge in [-0.2, -0.15) is 0 Å². The number of ether oxygens (including phenoxy) is 1. The molecule has 20 heavy (non-hydrogen) atoms. The van der Waals surface area contributed by atoms with Crippen molar-refractivity contribution in [3.63, 3.8) is 0 Å². The van der Waals surface area contributed by atoms with Crippen molar-refractivity contribution in [1.82, 2.24) is 0 Å². The summed E-state index contributed by atoms with van der Waals surface area (Å²) in [6, 6.07) is 17.7. The first-order valence-electron chi connectivity index (χ1n) is 7.51. The minimum absolute atomic E-state index is 0.429. The van der Waals surface area contributed by atoms with Crippen LogP contribution in [0.25, 0.3) is 11.1 Å². The Morgan fingerprint density at radius 2 is 1.45 bits per heavy atom. The van der Waals surface area contributed by atoms with Gasteiger partial charge < -0.3 is 4.74 Å². The number of aryl methyl sites for hydroxylation is 1. The Hall–Kier alpha value is -1.60. The van der Waals surface area contributed by atoms with Crippen LogP contribution in [-0.4, -0.2) is 12.7 Å². The highest BCUT2D eigenvalue weighted by Crippen LogP contribution is 2.29. The van der Waals surface area contributed by atoms with E-state index >= 15 is 0 Å². The first kappa shape index (κ1) is 13.4. The lowest BCUT2D eigenvalue weighted by atomic mass is 9.90. The molecule has 2 atom stereocenters. The molecule has 1 heterocycles. The molecule has 1 fully saturated rings. The average Bonchev–Trinajstić information content (AvgIpc) is 2.49. The predicted octanol–water partition coefficient (Wildman–Crippen LogP) is 4.94. The molecule has 104 valence electrons. The molecule has 0 saturated carbocycles. The van der Waals surface area contributed by atoms with Crippen molar-refractivity contribution in [2.24, 2.45) is 0 Å². The Kier molecular flexibility index (Phi) is 3.88. The monoisotopic (exact) mass is 266 g/mol. The number of hydrogen-bond donors (Lipinski definition) is 0. The zero-order valence-electron chi connectivity index (χ0n) is 12.3. The Morgan fingerprint density at radius 3 is 2.00 bits per heavy atom. The van der Waals surface area contributed by atoms with Gasteiger partial charge in [0.1, 0.15) is 0 Å². The molecule has 2 aromatic carbocycles. The summed E-state index contributed by atoms with van der Waals surface area (Å²) >= 11 is 0. The van der Waals surface area contributed by atoms with Crippen LogP contribution in [0.15, 0.2) is 48.5 Å². The van der Waals surface area contributed by atoms with Crippen molar-refractivity contribution in [2.75, 3.05) is 6.61 Å². The van der Waals surface area contributed by atoms with Gasteiger partial charge in [-0.05, 0) is 43.4 Å². The molecule has 1 aliphatic heterocycles. The van der Waals surface area contributed by atoms with Gasteiger partial charge in [0.15, 0.2) is 0 Å². The summed E-state index contributed by atoms with van der Waals surface area (Å²) in [6.07, 6.45) is 2.84. The van der Waals surface area contributed by atoms with Crippen LogP contribution in [0, 0.1) is 6.92 Å². The highest BCUT2D eigenvalue weighted by atomic mass is 16.5. The fourth-order valence-corrected chi connectivity index (χ4v) is 2.84. The molecule has 0 aliphatic carbocycles. The molecule has 0 amide bonds. The van der Waals surface area contributed by atoms with E-state index in [-0.39, 0.29) is 0 Å². The molecule has 0 bridgehead atoms. The zero-order chi connectivity index (χ0) is 13.9. The molecule has 2 aromatic rings. The van der Waals surface area contributed by atoms with Crippen LogP contribution in [0.3, 0.4) is 0 Å². The topological polar surface area (TPSA) is 9.23 Å². The van der Waals surface area contributed by atoms with Gasteiger partial charge in [0.2, 0.25) is 0 Å². The van der Waals surface area contributed by atoms with E-state index in [1.165, 1.54) is 35.1 Å². The Balaban J connectivity index is 1.76. The molecular formula is C19H22O. The van der Waals surface area contributed by atoms with E-state index in [0.29, 0.717) is 12.0 Å². The molecule has 1 nitrogen and oxygen atoms in total. The average molecular weight is 266 g/mol. The van der Waals surface area contributed by atoms with Gasteiger partial charge in [0.05, 0.1) is 12.7 Å². The summed E-state index contributed by atoms with van der Waals surface area (Å²) in [4.78, 5) is 0. The summed E-state index contributed by atoms with van der Waals surface area (Å²) in [5.74, 6) is 0.568. The largest absolute Gasteiger partial charge is 0.378 e. The standard InChI is InChI=1S/C19H22O/c1-14-3-6-16(7-4-14)17-9-11-18(12-10-17)19-8-5-15(2)20-13-19/h3-4,6-7,9-12,15,19H,5,8,13H2,1-2H3/t15-,19-/m1/s1. The van der Waals surface area contributed by atoms with Crippen molar-refractivity contribution < 1.29 is 4.74 Å². The summed E-state index contributed by atoms with van der Waals surface area (Å²) in [5.41, 5.74) is 5.29. The summed E-state index contributed by atoms with van der Waals surface area (Å²) in [5, 5.41) is 0. The van der Waals surface area contributed by atoms with Gasteiger partial charge in [-0.25, -0.2) is 0 Å². The van der Waals surface area contributed by atoms with Crippen LogP contribution in [-0.2, 0) is 4.74 Å². The molecule has 1 aliphatic rings. The Labute approximate surface area is 121 Å². The van der Waals surface area contributed by atoms with Gasteiger partial charge in [0, 0.05) is 5.92 Å². The molecule has 0 N–H and O–H groups in total. The first-order chi connectivity index (χ1) is 9.72. The van der Waals surface area contributed by atoms with Crippen LogP contribution in [0.2, 0.25) is 0 Å². The maximum absolute atomic E-state index is 5.77. The predicted molar refractivity (Wildman–Crippen MR) is 84.0 cm³/mol. The third-order valence-corrected chi connectivity index (χ3v) is 4.27. The van der Waals surface area contributed by atoms with Gasteiger partial charge in [0.25, 0.3) is 0 Å². The van der Waals surface area contributed by atoms with Crippen molar-refractivity contribution in [3.05, 3.63) is 59.7 Å². The highest BCUT2D eigenvalue weighted by molar-refractivity contribution is 5.64. The fourth-order valence-electron chi connectivity index (χ4n) is 2.84. The quantitative estimate of drug-likeness (QED) is 0.747. The SMILES string of the molecule is Cc1ccc(-c2ccc([C@@H]3CC[C@@H](C)OC3)cc2)cc1. The fraction of sp³-hybridized carbons (Fsp3) is 0.368. The summed E-state index contributed by atoms with van der Waals surface area (Å²) in [7, 11) is 0. The molecule has 1 saturated heterocycles. The van der Waals surface area contributed by atoms with E-state index in [0.717, 1.165) is 6.61 Å². The third kappa shape index (κ3) is 2.94. The van der Waals surface area contributed by atoms with E-state index in [2.05, 4.69) is 62.4 Å². The van der Waals surface area contributed by atoms with E-state index < -0.39 is 0 Å². The van der Waals surface area contributed by atoms with Crippen molar-refractivity contribution in [1.29, 1.82) is 0 Å². The lowest BCUT2D eigenvalue weighted by Crippen LogP contribution is -2.22. The van der Waals surface area contributed by atoms with Crippen LogP contribution in [0.1, 0.15) is 36.8 Å². The number of benzene rings is 2. The normalized spacial score (nSPS) is 22.7. The van der Waals surface area contributed by atoms with Crippen LogP contribution >= 0.6 is 0 Å². The minimum atomic E-state index is 0.429. The summed E-state index contributed by atoms with van der Waals surface area (Å²) in [6.45, 7) is 5.15. The zero-order valence-corrected chi connectivity index (χ0v) is 12.3. The third-order valence-electron chi connectivity index (χ3n) is 4.27.